The molecule has 0 spiro atoms. The van der Waals surface area contributed by atoms with Crippen LogP contribution in [0.1, 0.15) is 31.0 Å². The van der Waals surface area contributed by atoms with E-state index in [1.807, 2.05) is 0 Å². The molecule has 0 fully saturated rings. The van der Waals surface area contributed by atoms with Gasteiger partial charge in [0.2, 0.25) is 0 Å². The van der Waals surface area contributed by atoms with Gasteiger partial charge in [0.15, 0.2) is 0 Å². The third kappa shape index (κ3) is 4.39. The number of allylic oxidation sites excluding steroid dienone is 1. The van der Waals surface area contributed by atoms with Gasteiger partial charge in [-0.3, -0.25) is 4.21 Å². The van der Waals surface area contributed by atoms with Gasteiger partial charge in [0.1, 0.15) is 17.3 Å². The van der Waals surface area contributed by atoms with E-state index in [1.165, 1.54) is 16.8 Å². The zero-order valence-corrected chi connectivity index (χ0v) is 15.8. The average molecular weight is 396 g/mol. The first-order valence-electron chi connectivity index (χ1n) is 8.13. The number of halogens is 2. The van der Waals surface area contributed by atoms with Crippen molar-refractivity contribution in [2.45, 2.75) is 26.3 Å². The lowest BCUT2D eigenvalue weighted by atomic mass is 9.99. The van der Waals surface area contributed by atoms with E-state index in [1.54, 1.807) is 19.2 Å². The van der Waals surface area contributed by atoms with Crippen molar-refractivity contribution in [3.8, 4) is 5.69 Å². The van der Waals surface area contributed by atoms with Gasteiger partial charge in [-0.2, -0.15) is 0 Å². The summed E-state index contributed by atoms with van der Waals surface area (Å²) in [4.78, 5) is 0.624. The van der Waals surface area contributed by atoms with E-state index in [0.29, 0.717) is 47.1 Å². The molecule has 26 heavy (non-hydrogen) atoms. The predicted octanol–water partition coefficient (Wildman–Crippen LogP) is 2.91. The average Bonchev–Trinajstić information content (AvgIpc) is 2.96. The molecule has 2 aromatic rings. The Bertz CT molecular complexity index is 872. The zero-order valence-electron chi connectivity index (χ0n) is 14.2. The van der Waals surface area contributed by atoms with Crippen LogP contribution < -0.4 is 5.32 Å². The number of nitrogens with zero attached hydrogens (tertiary/aromatic N) is 3. The standard InChI is InChI=1S/C17H18F2N4OS2/c1-11(25)20-9-13-10-23(22-21-13)14-7-15(18)17(16(19)8-14)12-3-2-5-26(24)6-4-12/h4,7-8,10H,2-3,5-6,9H2,1H3,(H,20,25). The molecule has 5 nitrogen and oxygen atoms in total. The number of thiocarbonyl (C=S) groups is 1. The van der Waals surface area contributed by atoms with Gasteiger partial charge >= 0.3 is 0 Å². The highest BCUT2D eigenvalue weighted by molar-refractivity contribution is 7.85. The summed E-state index contributed by atoms with van der Waals surface area (Å²) in [6.45, 7) is 2.14. The topological polar surface area (TPSA) is 59.8 Å². The number of hydrogen-bond acceptors (Lipinski definition) is 4. The highest BCUT2D eigenvalue weighted by Crippen LogP contribution is 2.29. The second kappa shape index (κ2) is 8.13. The molecule has 0 aliphatic carbocycles. The van der Waals surface area contributed by atoms with Crippen LogP contribution in [0.25, 0.3) is 11.3 Å². The van der Waals surface area contributed by atoms with Crippen LogP contribution in [0.5, 0.6) is 0 Å². The molecule has 9 heteroatoms. The Morgan fingerprint density at radius 1 is 1.38 bits per heavy atom. The van der Waals surface area contributed by atoms with Crippen molar-refractivity contribution in [2.75, 3.05) is 11.5 Å². The molecule has 3 rings (SSSR count). The lowest BCUT2D eigenvalue weighted by molar-refractivity contribution is 0.571. The van der Waals surface area contributed by atoms with Crippen molar-refractivity contribution in [2.24, 2.45) is 0 Å². The number of rotatable bonds is 4. The van der Waals surface area contributed by atoms with E-state index >= 15 is 0 Å². The summed E-state index contributed by atoms with van der Waals surface area (Å²) in [5.74, 6) is -0.444. The molecule has 1 unspecified atom stereocenters. The van der Waals surface area contributed by atoms with Gasteiger partial charge in [0, 0.05) is 40.0 Å². The second-order valence-corrected chi connectivity index (χ2v) is 8.23. The van der Waals surface area contributed by atoms with E-state index in [-0.39, 0.29) is 11.3 Å². The fourth-order valence-corrected chi connectivity index (χ4v) is 3.84. The van der Waals surface area contributed by atoms with Crippen LogP contribution >= 0.6 is 12.2 Å². The van der Waals surface area contributed by atoms with Gasteiger partial charge in [-0.05, 0) is 25.3 Å². The Morgan fingerprint density at radius 2 is 2.12 bits per heavy atom. The molecular formula is C17H18F2N4OS2. The van der Waals surface area contributed by atoms with Crippen molar-refractivity contribution in [3.63, 3.8) is 0 Å². The largest absolute Gasteiger partial charge is 0.374 e. The molecule has 138 valence electrons. The summed E-state index contributed by atoms with van der Waals surface area (Å²) >= 11 is 4.93. The second-order valence-electron chi connectivity index (χ2n) is 5.99. The summed E-state index contributed by atoms with van der Waals surface area (Å²) in [7, 11) is -0.961. The molecule has 0 saturated carbocycles. The molecule has 1 aromatic heterocycles. The maximum absolute atomic E-state index is 14.6. The van der Waals surface area contributed by atoms with Crippen LogP contribution in [-0.2, 0) is 17.3 Å². The third-order valence-corrected chi connectivity index (χ3v) is 5.43. The Hall–Kier alpha value is -2.00. The molecule has 0 saturated heterocycles. The number of hydrogen-bond donors (Lipinski definition) is 1. The Balaban J connectivity index is 1.88. The monoisotopic (exact) mass is 396 g/mol. The summed E-state index contributed by atoms with van der Waals surface area (Å²) in [5.41, 5.74) is 1.37. The molecule has 0 bridgehead atoms. The highest BCUT2D eigenvalue weighted by Gasteiger charge is 2.19. The van der Waals surface area contributed by atoms with E-state index in [2.05, 4.69) is 15.6 Å². The van der Waals surface area contributed by atoms with E-state index in [4.69, 9.17) is 12.2 Å². The van der Waals surface area contributed by atoms with Crippen LogP contribution in [0.2, 0.25) is 0 Å². The molecule has 1 aliphatic rings. The molecule has 1 aromatic carbocycles. The van der Waals surface area contributed by atoms with Gasteiger partial charge in [-0.1, -0.05) is 23.5 Å². The minimum atomic E-state index is -0.961. The Kier molecular flexibility index (Phi) is 5.87. The first-order valence-corrected chi connectivity index (χ1v) is 10.0. The number of benzene rings is 1. The number of aromatic nitrogens is 3. The summed E-state index contributed by atoms with van der Waals surface area (Å²) in [6.07, 6.45) is 4.43. The zero-order chi connectivity index (χ0) is 18.7. The summed E-state index contributed by atoms with van der Waals surface area (Å²) < 4.78 is 42.2. The molecule has 1 aliphatic heterocycles. The smallest absolute Gasteiger partial charge is 0.135 e. The van der Waals surface area contributed by atoms with Crippen molar-refractivity contribution < 1.29 is 13.0 Å². The lowest BCUT2D eigenvalue weighted by Gasteiger charge is -2.10. The van der Waals surface area contributed by atoms with Gasteiger partial charge < -0.3 is 5.32 Å². The highest BCUT2D eigenvalue weighted by atomic mass is 32.2. The molecule has 0 radical (unpaired) electrons. The normalized spacial score (nSPS) is 17.5. The van der Waals surface area contributed by atoms with Crippen molar-refractivity contribution in [1.82, 2.24) is 20.3 Å². The van der Waals surface area contributed by atoms with Crippen LogP contribution in [0.4, 0.5) is 8.78 Å². The van der Waals surface area contributed by atoms with Crippen molar-refractivity contribution in [1.29, 1.82) is 0 Å². The fourth-order valence-electron chi connectivity index (χ4n) is 2.75. The molecule has 0 amide bonds. The van der Waals surface area contributed by atoms with Crippen molar-refractivity contribution >= 4 is 33.6 Å². The summed E-state index contributed by atoms with van der Waals surface area (Å²) in [5, 5.41) is 10.8. The van der Waals surface area contributed by atoms with Crippen LogP contribution in [0.15, 0.2) is 24.4 Å². The van der Waals surface area contributed by atoms with Gasteiger partial charge in [-0.25, -0.2) is 13.5 Å². The molecular weight excluding hydrogens is 378 g/mol. The quantitative estimate of drug-likeness (QED) is 0.806. The van der Waals surface area contributed by atoms with Crippen LogP contribution in [-0.4, -0.2) is 35.7 Å². The minimum Gasteiger partial charge on any atom is -0.374 e. The Morgan fingerprint density at radius 3 is 2.81 bits per heavy atom. The predicted molar refractivity (Wildman–Crippen MR) is 101 cm³/mol. The molecule has 1 N–H and O–H groups in total. The maximum atomic E-state index is 14.6. The van der Waals surface area contributed by atoms with Crippen molar-refractivity contribution in [3.05, 3.63) is 47.3 Å². The third-order valence-electron chi connectivity index (χ3n) is 4.01. The van der Waals surface area contributed by atoms with Gasteiger partial charge in [0.25, 0.3) is 0 Å². The van der Waals surface area contributed by atoms with Gasteiger partial charge in [0.05, 0.1) is 23.4 Å². The molecule has 2 heterocycles. The van der Waals surface area contributed by atoms with E-state index in [0.717, 1.165) is 0 Å². The number of nitrogens with one attached hydrogen (secondary N) is 1. The summed E-state index contributed by atoms with van der Waals surface area (Å²) in [6, 6.07) is 2.47. The van der Waals surface area contributed by atoms with E-state index < -0.39 is 22.4 Å². The fraction of sp³-hybridized carbons (Fsp3) is 0.353. The Labute approximate surface area is 157 Å². The van der Waals surface area contributed by atoms with Gasteiger partial charge in [-0.15, -0.1) is 5.10 Å². The SMILES string of the molecule is CC(=S)NCc1cn(-c2cc(F)c(C3=CCS(=O)CCC3)c(F)c2)nn1. The molecule has 1 atom stereocenters. The first kappa shape index (κ1) is 18.8. The van der Waals surface area contributed by atoms with E-state index in [9.17, 15) is 13.0 Å². The lowest BCUT2D eigenvalue weighted by Crippen LogP contribution is -2.17. The first-order chi connectivity index (χ1) is 12.4. The maximum Gasteiger partial charge on any atom is 0.135 e. The van der Waals surface area contributed by atoms with Crippen LogP contribution in [0, 0.1) is 11.6 Å². The minimum absolute atomic E-state index is 0.0500. The van der Waals surface area contributed by atoms with Crippen LogP contribution in [0.3, 0.4) is 0 Å².